The SMILES string of the molecule is O=C1CCc2cccc(C(Cc3ccc(-c4ccccc4)cc3)C3SC(=O)NC3=O)c2N1. The topological polar surface area (TPSA) is 75.3 Å². The lowest BCUT2D eigenvalue weighted by Gasteiger charge is -2.27. The Balaban J connectivity index is 1.50. The number of anilines is 1. The van der Waals surface area contributed by atoms with Crippen LogP contribution in [0.3, 0.4) is 0 Å². The number of thioether (sulfide) groups is 1. The second-order valence-corrected chi connectivity index (χ2v) is 9.23. The molecule has 0 aromatic heterocycles. The van der Waals surface area contributed by atoms with E-state index in [9.17, 15) is 14.4 Å². The van der Waals surface area contributed by atoms with Crippen LogP contribution in [0.25, 0.3) is 11.1 Å². The summed E-state index contributed by atoms with van der Waals surface area (Å²) in [6.45, 7) is 0. The first-order valence-corrected chi connectivity index (χ1v) is 11.5. The number of imide groups is 1. The molecule has 3 amide bonds. The minimum Gasteiger partial charge on any atom is -0.326 e. The molecule has 2 atom stereocenters. The Bertz CT molecular complexity index is 1190. The third kappa shape index (κ3) is 4.06. The molecule has 160 valence electrons. The van der Waals surface area contributed by atoms with Crippen LogP contribution in [0.15, 0.2) is 72.8 Å². The zero-order valence-corrected chi connectivity index (χ0v) is 18.2. The van der Waals surface area contributed by atoms with Crippen LogP contribution in [0.5, 0.6) is 0 Å². The highest BCUT2D eigenvalue weighted by Crippen LogP contribution is 2.41. The fourth-order valence-electron chi connectivity index (χ4n) is 4.47. The van der Waals surface area contributed by atoms with Crippen molar-refractivity contribution in [3.8, 4) is 11.1 Å². The number of hydrogen-bond acceptors (Lipinski definition) is 4. The minimum absolute atomic E-state index is 0.0180. The summed E-state index contributed by atoms with van der Waals surface area (Å²) in [5.74, 6) is -0.538. The average molecular weight is 443 g/mol. The van der Waals surface area contributed by atoms with E-state index in [4.69, 9.17) is 0 Å². The number of carbonyl (C=O) groups excluding carboxylic acids is 3. The number of benzene rings is 3. The maximum absolute atomic E-state index is 12.6. The lowest BCUT2D eigenvalue weighted by Crippen LogP contribution is -2.31. The second-order valence-electron chi connectivity index (χ2n) is 8.12. The Kier molecular flexibility index (Phi) is 5.53. The van der Waals surface area contributed by atoms with Gasteiger partial charge >= 0.3 is 0 Å². The molecule has 2 aliphatic rings. The molecule has 1 saturated heterocycles. The van der Waals surface area contributed by atoms with E-state index in [0.29, 0.717) is 19.3 Å². The molecule has 6 heteroatoms. The zero-order valence-electron chi connectivity index (χ0n) is 17.3. The van der Waals surface area contributed by atoms with Crippen LogP contribution in [-0.2, 0) is 22.4 Å². The molecule has 3 aromatic carbocycles. The fourth-order valence-corrected chi connectivity index (χ4v) is 5.44. The Morgan fingerprint density at radius 3 is 2.28 bits per heavy atom. The molecular weight excluding hydrogens is 420 g/mol. The van der Waals surface area contributed by atoms with Crippen LogP contribution in [-0.4, -0.2) is 22.3 Å². The summed E-state index contributed by atoms with van der Waals surface area (Å²) in [7, 11) is 0. The molecular formula is C26H22N2O3S. The van der Waals surface area contributed by atoms with Crippen LogP contribution in [0, 0.1) is 0 Å². The highest BCUT2D eigenvalue weighted by molar-refractivity contribution is 8.15. The van der Waals surface area contributed by atoms with E-state index in [1.165, 1.54) is 0 Å². The Morgan fingerprint density at radius 2 is 1.56 bits per heavy atom. The molecule has 5 nitrogen and oxygen atoms in total. The molecule has 0 radical (unpaired) electrons. The van der Waals surface area contributed by atoms with Gasteiger partial charge in [0, 0.05) is 18.0 Å². The lowest BCUT2D eigenvalue weighted by molar-refractivity contribution is -0.119. The fraction of sp³-hybridized carbons (Fsp3) is 0.192. The molecule has 32 heavy (non-hydrogen) atoms. The molecule has 1 fully saturated rings. The van der Waals surface area contributed by atoms with Gasteiger partial charge in [-0.3, -0.25) is 19.7 Å². The predicted octanol–water partition coefficient (Wildman–Crippen LogP) is 4.92. The van der Waals surface area contributed by atoms with E-state index in [-0.39, 0.29) is 23.0 Å². The van der Waals surface area contributed by atoms with Crippen molar-refractivity contribution < 1.29 is 14.4 Å². The molecule has 0 saturated carbocycles. The van der Waals surface area contributed by atoms with E-state index >= 15 is 0 Å². The number of aryl methyl sites for hydroxylation is 1. The Hall–Kier alpha value is -3.38. The average Bonchev–Trinajstić information content (AvgIpc) is 3.15. The molecule has 2 aliphatic heterocycles. The number of amides is 3. The lowest BCUT2D eigenvalue weighted by atomic mass is 9.84. The van der Waals surface area contributed by atoms with Gasteiger partial charge in [-0.2, -0.15) is 0 Å². The number of hydrogen-bond donors (Lipinski definition) is 2. The summed E-state index contributed by atoms with van der Waals surface area (Å²) in [5, 5.41) is 4.57. The summed E-state index contributed by atoms with van der Waals surface area (Å²) in [6.07, 6.45) is 1.72. The summed E-state index contributed by atoms with van der Waals surface area (Å²) in [4.78, 5) is 36.7. The third-order valence-electron chi connectivity index (χ3n) is 6.07. The van der Waals surface area contributed by atoms with E-state index in [0.717, 1.165) is 45.3 Å². The molecule has 3 aromatic rings. The first kappa shape index (κ1) is 20.5. The molecule has 0 aliphatic carbocycles. The number of nitrogens with one attached hydrogen (secondary N) is 2. The van der Waals surface area contributed by atoms with E-state index in [1.807, 2.05) is 36.4 Å². The van der Waals surface area contributed by atoms with Gasteiger partial charge in [-0.05, 0) is 40.7 Å². The van der Waals surface area contributed by atoms with Crippen molar-refractivity contribution in [1.29, 1.82) is 0 Å². The predicted molar refractivity (Wildman–Crippen MR) is 127 cm³/mol. The molecule has 0 spiro atoms. The van der Waals surface area contributed by atoms with Gasteiger partial charge < -0.3 is 5.32 Å². The van der Waals surface area contributed by atoms with E-state index < -0.39 is 5.25 Å². The largest absolute Gasteiger partial charge is 0.326 e. The first-order chi connectivity index (χ1) is 15.6. The molecule has 0 bridgehead atoms. The standard InChI is InChI=1S/C26H22N2O3S/c29-22-14-13-19-7-4-8-20(23(19)27-22)21(24-25(30)28-26(31)32-24)15-16-9-11-18(12-10-16)17-5-2-1-3-6-17/h1-12,21,24H,13-15H2,(H,27,29)(H,28,30,31). The van der Waals surface area contributed by atoms with Crippen molar-refractivity contribution in [3.63, 3.8) is 0 Å². The minimum atomic E-state index is -0.540. The highest BCUT2D eigenvalue weighted by Gasteiger charge is 2.40. The van der Waals surface area contributed by atoms with Gasteiger partial charge in [0.25, 0.3) is 5.24 Å². The van der Waals surface area contributed by atoms with E-state index in [1.54, 1.807) is 0 Å². The van der Waals surface area contributed by atoms with Gasteiger partial charge in [0.1, 0.15) is 5.25 Å². The van der Waals surface area contributed by atoms with Crippen LogP contribution in [0.4, 0.5) is 10.5 Å². The first-order valence-electron chi connectivity index (χ1n) is 10.7. The van der Waals surface area contributed by atoms with Crippen molar-refractivity contribution in [3.05, 3.63) is 89.5 Å². The van der Waals surface area contributed by atoms with E-state index in [2.05, 4.69) is 47.0 Å². The monoisotopic (exact) mass is 442 g/mol. The van der Waals surface area contributed by atoms with Crippen LogP contribution < -0.4 is 10.6 Å². The maximum Gasteiger partial charge on any atom is 0.286 e. The van der Waals surface area contributed by atoms with Crippen LogP contribution in [0.2, 0.25) is 0 Å². The van der Waals surface area contributed by atoms with Gasteiger partial charge in [-0.15, -0.1) is 0 Å². The second kappa shape index (κ2) is 8.63. The van der Waals surface area contributed by atoms with Gasteiger partial charge in [0.2, 0.25) is 11.8 Å². The molecule has 5 rings (SSSR count). The maximum atomic E-state index is 12.6. The summed E-state index contributed by atoms with van der Waals surface area (Å²) < 4.78 is 0. The van der Waals surface area contributed by atoms with Crippen molar-refractivity contribution in [2.24, 2.45) is 0 Å². The molecule has 2 N–H and O–H groups in total. The van der Waals surface area contributed by atoms with Crippen molar-refractivity contribution in [2.75, 3.05) is 5.32 Å². The zero-order chi connectivity index (χ0) is 22.1. The summed E-state index contributed by atoms with van der Waals surface area (Å²) in [6, 6.07) is 24.4. The Morgan fingerprint density at radius 1 is 0.812 bits per heavy atom. The smallest absolute Gasteiger partial charge is 0.286 e. The summed E-state index contributed by atoms with van der Waals surface area (Å²) in [5.41, 5.74) is 6.11. The normalized spacial score (nSPS) is 18.6. The van der Waals surface area contributed by atoms with Crippen LogP contribution in [0.1, 0.15) is 29.0 Å². The van der Waals surface area contributed by atoms with Crippen molar-refractivity contribution >= 4 is 34.5 Å². The number of fused-ring (bicyclic) bond motifs is 1. The van der Waals surface area contributed by atoms with Crippen LogP contribution >= 0.6 is 11.8 Å². The van der Waals surface area contributed by atoms with Gasteiger partial charge in [-0.1, -0.05) is 84.6 Å². The van der Waals surface area contributed by atoms with Gasteiger partial charge in [0.05, 0.1) is 0 Å². The quantitative estimate of drug-likeness (QED) is 0.588. The summed E-state index contributed by atoms with van der Waals surface area (Å²) >= 11 is 1.04. The number of carbonyl (C=O) groups is 3. The number of para-hydroxylation sites is 1. The number of rotatable bonds is 5. The Labute approximate surface area is 190 Å². The van der Waals surface area contributed by atoms with Gasteiger partial charge in [-0.25, -0.2) is 0 Å². The van der Waals surface area contributed by atoms with Crippen molar-refractivity contribution in [2.45, 2.75) is 30.4 Å². The molecule has 2 heterocycles. The van der Waals surface area contributed by atoms with Crippen molar-refractivity contribution in [1.82, 2.24) is 5.32 Å². The highest BCUT2D eigenvalue weighted by atomic mass is 32.2. The third-order valence-corrected chi connectivity index (χ3v) is 7.18. The molecule has 2 unspecified atom stereocenters. The van der Waals surface area contributed by atoms with Gasteiger partial charge in [0.15, 0.2) is 0 Å².